The molecule has 0 fully saturated rings. The van der Waals surface area contributed by atoms with Crippen LogP contribution in [0.1, 0.15) is 15.9 Å². The Morgan fingerprint density at radius 3 is 2.62 bits per heavy atom. The van der Waals surface area contributed by atoms with Gasteiger partial charge in [-0.25, -0.2) is 0 Å². The van der Waals surface area contributed by atoms with Crippen molar-refractivity contribution in [2.45, 2.75) is 6.92 Å². The predicted octanol–water partition coefficient (Wildman–Crippen LogP) is 3.68. The third-order valence-corrected chi connectivity index (χ3v) is 3.72. The van der Waals surface area contributed by atoms with Gasteiger partial charge in [0.1, 0.15) is 11.3 Å². The van der Waals surface area contributed by atoms with Gasteiger partial charge in [0.25, 0.3) is 5.91 Å². The highest BCUT2D eigenvalue weighted by Crippen LogP contribution is 2.23. The van der Waals surface area contributed by atoms with E-state index in [4.69, 9.17) is 4.42 Å². The van der Waals surface area contributed by atoms with E-state index >= 15 is 0 Å². The second-order valence-corrected chi connectivity index (χ2v) is 5.55. The zero-order valence-electron chi connectivity index (χ0n) is 13.3. The van der Waals surface area contributed by atoms with Crippen molar-refractivity contribution in [3.05, 3.63) is 82.5 Å². The number of hydrogen-bond donors (Lipinski definition) is 1. The zero-order chi connectivity index (χ0) is 17.1. The number of amides is 1. The number of carbonyl (C=O) groups is 1. The first kappa shape index (κ1) is 15.7. The van der Waals surface area contributed by atoms with Crippen LogP contribution in [0.2, 0.25) is 0 Å². The molecule has 0 unspecified atom stereocenters. The SMILES string of the molecule is C=CCNC(=O)c1ccc(-c2cc(=O)c3cc(C)ccc3o2)cc1. The molecule has 0 bridgehead atoms. The summed E-state index contributed by atoms with van der Waals surface area (Å²) >= 11 is 0. The van der Waals surface area contributed by atoms with Crippen molar-refractivity contribution >= 4 is 16.9 Å². The van der Waals surface area contributed by atoms with Crippen LogP contribution in [0.25, 0.3) is 22.3 Å². The molecule has 0 atom stereocenters. The van der Waals surface area contributed by atoms with Crippen LogP contribution in [0.3, 0.4) is 0 Å². The maximum atomic E-state index is 12.3. The van der Waals surface area contributed by atoms with E-state index in [1.165, 1.54) is 6.07 Å². The molecule has 0 saturated carbocycles. The molecular formula is C20H17NO3. The first-order valence-corrected chi connectivity index (χ1v) is 7.62. The summed E-state index contributed by atoms with van der Waals surface area (Å²) in [6.45, 7) is 5.91. The van der Waals surface area contributed by atoms with Crippen molar-refractivity contribution in [1.82, 2.24) is 5.32 Å². The van der Waals surface area contributed by atoms with Crippen molar-refractivity contribution < 1.29 is 9.21 Å². The fourth-order valence-electron chi connectivity index (χ4n) is 2.47. The van der Waals surface area contributed by atoms with Crippen LogP contribution in [0.4, 0.5) is 0 Å². The van der Waals surface area contributed by atoms with E-state index in [0.29, 0.717) is 28.8 Å². The summed E-state index contributed by atoms with van der Waals surface area (Å²) in [6, 6.07) is 13.9. The Labute approximate surface area is 139 Å². The average Bonchev–Trinajstić information content (AvgIpc) is 2.60. The number of nitrogens with one attached hydrogen (secondary N) is 1. The van der Waals surface area contributed by atoms with Crippen molar-refractivity contribution in [2.75, 3.05) is 6.54 Å². The standard InChI is InChI=1S/C20H17NO3/c1-3-10-21-20(23)15-7-5-14(6-8-15)19-12-17(22)16-11-13(2)4-9-18(16)24-19/h3-9,11-12H,1,10H2,2H3,(H,21,23). The van der Waals surface area contributed by atoms with Gasteiger partial charge in [-0.15, -0.1) is 6.58 Å². The topological polar surface area (TPSA) is 59.3 Å². The maximum Gasteiger partial charge on any atom is 0.251 e. The Morgan fingerprint density at radius 1 is 1.17 bits per heavy atom. The van der Waals surface area contributed by atoms with Gasteiger partial charge in [-0.05, 0) is 31.2 Å². The first-order chi connectivity index (χ1) is 11.6. The Bertz CT molecular complexity index is 968. The van der Waals surface area contributed by atoms with Crippen LogP contribution in [0.5, 0.6) is 0 Å². The highest BCUT2D eigenvalue weighted by molar-refractivity contribution is 5.94. The minimum atomic E-state index is -0.170. The maximum absolute atomic E-state index is 12.3. The minimum Gasteiger partial charge on any atom is -0.456 e. The normalized spacial score (nSPS) is 10.5. The lowest BCUT2D eigenvalue weighted by molar-refractivity contribution is 0.0958. The number of benzene rings is 2. The summed E-state index contributed by atoms with van der Waals surface area (Å²) in [4.78, 5) is 24.2. The molecule has 0 aliphatic carbocycles. The van der Waals surface area contributed by atoms with Crippen LogP contribution >= 0.6 is 0 Å². The molecule has 1 heterocycles. The molecule has 0 aliphatic rings. The molecule has 2 aromatic carbocycles. The number of carbonyl (C=O) groups excluding carboxylic acids is 1. The molecule has 4 nitrogen and oxygen atoms in total. The Kier molecular flexibility index (Phi) is 4.29. The van der Waals surface area contributed by atoms with E-state index in [1.807, 2.05) is 19.1 Å². The molecule has 1 aromatic heterocycles. The summed E-state index contributed by atoms with van der Waals surface area (Å²) in [5, 5.41) is 3.28. The van der Waals surface area contributed by atoms with Crippen LogP contribution in [-0.2, 0) is 0 Å². The average molecular weight is 319 g/mol. The van der Waals surface area contributed by atoms with Crippen LogP contribution in [-0.4, -0.2) is 12.5 Å². The van der Waals surface area contributed by atoms with Gasteiger partial charge in [-0.1, -0.05) is 29.8 Å². The van der Waals surface area contributed by atoms with E-state index < -0.39 is 0 Å². The Hall–Kier alpha value is -3.14. The van der Waals surface area contributed by atoms with Gasteiger partial charge in [0.2, 0.25) is 0 Å². The van der Waals surface area contributed by atoms with Crippen molar-refractivity contribution in [1.29, 1.82) is 0 Å². The van der Waals surface area contributed by atoms with Gasteiger partial charge in [0.05, 0.1) is 5.39 Å². The second kappa shape index (κ2) is 6.54. The van der Waals surface area contributed by atoms with Gasteiger partial charge in [0, 0.05) is 23.7 Å². The van der Waals surface area contributed by atoms with Crippen LogP contribution < -0.4 is 10.7 Å². The van der Waals surface area contributed by atoms with Gasteiger partial charge in [-0.3, -0.25) is 9.59 Å². The third-order valence-electron chi connectivity index (χ3n) is 3.72. The Balaban J connectivity index is 1.96. The van der Waals surface area contributed by atoms with E-state index in [-0.39, 0.29) is 11.3 Å². The van der Waals surface area contributed by atoms with Crippen molar-refractivity contribution in [3.8, 4) is 11.3 Å². The second-order valence-electron chi connectivity index (χ2n) is 5.55. The van der Waals surface area contributed by atoms with Crippen LogP contribution in [0.15, 0.2) is 70.4 Å². The molecule has 120 valence electrons. The molecule has 0 saturated heterocycles. The van der Waals surface area contributed by atoms with Crippen molar-refractivity contribution in [3.63, 3.8) is 0 Å². The summed E-state index contributed by atoms with van der Waals surface area (Å²) in [5.41, 5.74) is 2.77. The summed E-state index contributed by atoms with van der Waals surface area (Å²) in [7, 11) is 0. The molecule has 24 heavy (non-hydrogen) atoms. The molecule has 1 N–H and O–H groups in total. The monoisotopic (exact) mass is 319 g/mol. The lowest BCUT2D eigenvalue weighted by Gasteiger charge is -2.06. The van der Waals surface area contributed by atoms with Gasteiger partial charge < -0.3 is 9.73 Å². The highest BCUT2D eigenvalue weighted by atomic mass is 16.3. The fraction of sp³-hybridized carbons (Fsp3) is 0.100. The molecule has 3 rings (SSSR count). The fourth-order valence-corrected chi connectivity index (χ4v) is 2.47. The molecular weight excluding hydrogens is 302 g/mol. The molecule has 0 spiro atoms. The summed E-state index contributed by atoms with van der Waals surface area (Å²) in [5.74, 6) is 0.311. The van der Waals surface area contributed by atoms with Gasteiger partial charge in [-0.2, -0.15) is 0 Å². The van der Waals surface area contributed by atoms with E-state index in [9.17, 15) is 9.59 Å². The molecule has 1 amide bonds. The Morgan fingerprint density at radius 2 is 1.92 bits per heavy atom. The summed E-state index contributed by atoms with van der Waals surface area (Å²) in [6.07, 6.45) is 1.62. The number of hydrogen-bond acceptors (Lipinski definition) is 3. The quantitative estimate of drug-likeness (QED) is 0.746. The summed E-state index contributed by atoms with van der Waals surface area (Å²) < 4.78 is 5.84. The van der Waals surface area contributed by atoms with E-state index in [0.717, 1.165) is 11.1 Å². The first-order valence-electron chi connectivity index (χ1n) is 7.62. The van der Waals surface area contributed by atoms with E-state index in [1.54, 1.807) is 36.4 Å². The number of aryl methyl sites for hydroxylation is 1. The predicted molar refractivity (Wildman–Crippen MR) is 95.2 cm³/mol. The number of fused-ring (bicyclic) bond motifs is 1. The molecule has 4 heteroatoms. The lowest BCUT2D eigenvalue weighted by Crippen LogP contribution is -2.22. The van der Waals surface area contributed by atoms with Gasteiger partial charge >= 0.3 is 0 Å². The van der Waals surface area contributed by atoms with Crippen LogP contribution in [0, 0.1) is 6.92 Å². The molecule has 0 radical (unpaired) electrons. The minimum absolute atomic E-state index is 0.0808. The smallest absolute Gasteiger partial charge is 0.251 e. The molecule has 3 aromatic rings. The van der Waals surface area contributed by atoms with Gasteiger partial charge in [0.15, 0.2) is 5.43 Å². The molecule has 0 aliphatic heterocycles. The lowest BCUT2D eigenvalue weighted by atomic mass is 10.1. The third kappa shape index (κ3) is 3.13. The zero-order valence-corrected chi connectivity index (χ0v) is 13.3. The number of rotatable bonds is 4. The van der Waals surface area contributed by atoms with E-state index in [2.05, 4.69) is 11.9 Å². The van der Waals surface area contributed by atoms with Crippen molar-refractivity contribution in [2.24, 2.45) is 0 Å². The largest absolute Gasteiger partial charge is 0.456 e. The highest BCUT2D eigenvalue weighted by Gasteiger charge is 2.09.